The molecule has 4 heterocycles. The average molecular weight is 526 g/mol. The van der Waals surface area contributed by atoms with Crippen molar-refractivity contribution in [2.24, 2.45) is 17.8 Å². The van der Waals surface area contributed by atoms with Gasteiger partial charge in [0.15, 0.2) is 0 Å². The first-order valence-electron chi connectivity index (χ1n) is 13.2. The standard InChI is InChI=1S/C27H35N5O6/c1-5-13-30(15-31-18-10-8-7-9-17(18)28-29-31)25(35)23-27-12-11-20(38-27)21(26(36)37-6-2)22(27)24(34)32(23)19(14-33)16(3)4/h5,7-10,16,19-23,33H,1,6,11-15H2,2-4H3/t19-,20+,21-,22-,23?,27?/m0/s1. The highest BCUT2D eigenvalue weighted by Gasteiger charge is 2.75. The number of ether oxygens (including phenoxy) is 2. The van der Waals surface area contributed by atoms with E-state index in [0.29, 0.717) is 18.4 Å². The number of aliphatic hydroxyl groups is 1. The molecule has 0 aliphatic carbocycles. The summed E-state index contributed by atoms with van der Waals surface area (Å²) in [5.41, 5.74) is 0.285. The number of esters is 1. The molecule has 11 heteroatoms. The number of carbonyl (C=O) groups is 3. The Bertz CT molecular complexity index is 1250. The predicted molar refractivity (Wildman–Crippen MR) is 136 cm³/mol. The van der Waals surface area contributed by atoms with Gasteiger partial charge in [-0.2, -0.15) is 0 Å². The van der Waals surface area contributed by atoms with E-state index < -0.39 is 41.6 Å². The van der Waals surface area contributed by atoms with Gasteiger partial charge < -0.3 is 24.4 Å². The molecule has 1 N–H and O–H groups in total. The van der Waals surface area contributed by atoms with Crippen molar-refractivity contribution in [1.29, 1.82) is 0 Å². The predicted octanol–water partition coefficient (Wildman–Crippen LogP) is 1.36. The molecular weight excluding hydrogens is 490 g/mol. The Hall–Kier alpha value is -3.31. The number of fused-ring (bicyclic) bond motifs is 2. The first-order valence-corrected chi connectivity index (χ1v) is 13.2. The van der Waals surface area contributed by atoms with E-state index in [-0.39, 0.29) is 44.2 Å². The van der Waals surface area contributed by atoms with Gasteiger partial charge in [0.1, 0.15) is 23.8 Å². The van der Waals surface area contributed by atoms with Gasteiger partial charge in [0.05, 0.1) is 42.7 Å². The van der Waals surface area contributed by atoms with E-state index in [9.17, 15) is 19.5 Å². The highest BCUT2D eigenvalue weighted by Crippen LogP contribution is 2.59. The topological polar surface area (TPSA) is 127 Å². The minimum Gasteiger partial charge on any atom is -0.466 e. The second kappa shape index (κ2) is 10.1. The Kier molecular flexibility index (Phi) is 6.99. The van der Waals surface area contributed by atoms with Gasteiger partial charge in [0, 0.05) is 6.54 Å². The lowest BCUT2D eigenvalue weighted by molar-refractivity contribution is -0.157. The number of amides is 2. The number of aromatic nitrogens is 3. The van der Waals surface area contributed by atoms with E-state index in [0.717, 1.165) is 5.52 Å². The molecule has 3 fully saturated rings. The number of nitrogens with zero attached hydrogens (tertiary/aromatic N) is 5. The van der Waals surface area contributed by atoms with E-state index in [1.54, 1.807) is 22.6 Å². The van der Waals surface area contributed by atoms with Gasteiger partial charge in [-0.25, -0.2) is 4.68 Å². The minimum absolute atomic E-state index is 0.0842. The van der Waals surface area contributed by atoms with Crippen LogP contribution in [0.3, 0.4) is 0 Å². The van der Waals surface area contributed by atoms with E-state index >= 15 is 0 Å². The molecule has 38 heavy (non-hydrogen) atoms. The van der Waals surface area contributed by atoms with Crippen LogP contribution in [0, 0.1) is 17.8 Å². The van der Waals surface area contributed by atoms with E-state index in [1.165, 1.54) is 4.90 Å². The Balaban J connectivity index is 1.56. The van der Waals surface area contributed by atoms with Crippen LogP contribution >= 0.6 is 0 Å². The molecule has 11 nitrogen and oxygen atoms in total. The Morgan fingerprint density at radius 3 is 2.82 bits per heavy atom. The van der Waals surface area contributed by atoms with Crippen LogP contribution in [-0.2, 0) is 30.5 Å². The molecule has 3 aliphatic rings. The maximum atomic E-state index is 14.5. The summed E-state index contributed by atoms with van der Waals surface area (Å²) >= 11 is 0. The van der Waals surface area contributed by atoms with Crippen molar-refractivity contribution in [3.63, 3.8) is 0 Å². The van der Waals surface area contributed by atoms with Crippen molar-refractivity contribution >= 4 is 28.8 Å². The van der Waals surface area contributed by atoms with Gasteiger partial charge in [-0.1, -0.05) is 37.3 Å². The molecule has 204 valence electrons. The first kappa shape index (κ1) is 26.3. The normalized spacial score (nSPS) is 28.7. The molecule has 5 rings (SSSR count). The lowest BCUT2D eigenvalue weighted by Gasteiger charge is -2.40. The van der Waals surface area contributed by atoms with Gasteiger partial charge in [-0.15, -0.1) is 11.7 Å². The third kappa shape index (κ3) is 3.90. The number of benzene rings is 1. The lowest BCUT2D eigenvalue weighted by atomic mass is 9.70. The highest BCUT2D eigenvalue weighted by atomic mass is 16.6. The molecule has 2 bridgehead atoms. The van der Waals surface area contributed by atoms with Crippen molar-refractivity contribution in [1.82, 2.24) is 24.8 Å². The second-order valence-corrected chi connectivity index (χ2v) is 10.6. The smallest absolute Gasteiger partial charge is 0.312 e. The van der Waals surface area contributed by atoms with Crippen molar-refractivity contribution < 1.29 is 29.0 Å². The van der Waals surface area contributed by atoms with Crippen LogP contribution in [0.1, 0.15) is 33.6 Å². The summed E-state index contributed by atoms with van der Waals surface area (Å²) in [6, 6.07) is 5.81. The summed E-state index contributed by atoms with van der Waals surface area (Å²) in [6.07, 6.45) is 2.14. The number of aliphatic hydroxyl groups excluding tert-OH is 1. The van der Waals surface area contributed by atoms with Crippen LogP contribution < -0.4 is 0 Å². The fourth-order valence-corrected chi connectivity index (χ4v) is 6.58. The molecule has 1 aromatic heterocycles. The summed E-state index contributed by atoms with van der Waals surface area (Å²) in [5, 5.41) is 18.8. The summed E-state index contributed by atoms with van der Waals surface area (Å²) in [7, 11) is 0. The van der Waals surface area contributed by atoms with Gasteiger partial charge in [0.2, 0.25) is 11.8 Å². The first-order chi connectivity index (χ1) is 18.3. The molecule has 1 spiro atoms. The highest BCUT2D eigenvalue weighted by molar-refractivity contribution is 5.98. The van der Waals surface area contributed by atoms with Gasteiger partial charge in [-0.05, 0) is 37.8 Å². The number of hydrogen-bond acceptors (Lipinski definition) is 8. The monoisotopic (exact) mass is 525 g/mol. The molecule has 0 saturated carbocycles. The van der Waals surface area contributed by atoms with Crippen molar-refractivity contribution in [2.45, 2.75) is 64.1 Å². The summed E-state index contributed by atoms with van der Waals surface area (Å²) in [5.74, 6) is -2.94. The van der Waals surface area contributed by atoms with E-state index in [1.807, 2.05) is 38.1 Å². The van der Waals surface area contributed by atoms with E-state index in [4.69, 9.17) is 9.47 Å². The van der Waals surface area contributed by atoms with Crippen molar-refractivity contribution in [3.8, 4) is 0 Å². The summed E-state index contributed by atoms with van der Waals surface area (Å²) < 4.78 is 13.4. The van der Waals surface area contributed by atoms with Crippen LogP contribution in [0.15, 0.2) is 36.9 Å². The SMILES string of the molecule is C=CCN(Cn1nnc2ccccc21)C(=O)C1N([C@@H](CO)C(C)C)C(=O)[C@@H]2[C@@H](C(=O)OCC)[C@H]3CCC12O3. The molecule has 3 aliphatic heterocycles. The van der Waals surface area contributed by atoms with Gasteiger partial charge in [0.25, 0.3) is 0 Å². The molecule has 6 atom stereocenters. The van der Waals surface area contributed by atoms with Crippen LogP contribution in [0.5, 0.6) is 0 Å². The van der Waals surface area contributed by atoms with Crippen LogP contribution in [0.4, 0.5) is 0 Å². The number of carbonyl (C=O) groups excluding carboxylic acids is 3. The van der Waals surface area contributed by atoms with Crippen LogP contribution in [0.25, 0.3) is 11.0 Å². The average Bonchev–Trinajstić information content (AvgIpc) is 3.64. The molecule has 1 aromatic carbocycles. The Labute approximate surface area is 221 Å². The third-order valence-corrected chi connectivity index (χ3v) is 8.23. The number of rotatable bonds is 10. The maximum absolute atomic E-state index is 14.5. The van der Waals surface area contributed by atoms with Crippen molar-refractivity contribution in [2.75, 3.05) is 19.8 Å². The summed E-state index contributed by atoms with van der Waals surface area (Å²) in [6.45, 7) is 9.49. The number of likely N-dealkylation sites (tertiary alicyclic amines) is 1. The van der Waals surface area contributed by atoms with Crippen LogP contribution in [-0.4, -0.2) is 91.2 Å². The fourth-order valence-electron chi connectivity index (χ4n) is 6.58. The third-order valence-electron chi connectivity index (χ3n) is 8.23. The molecule has 2 amide bonds. The minimum atomic E-state index is -1.18. The molecule has 3 saturated heterocycles. The van der Waals surface area contributed by atoms with Gasteiger partial charge >= 0.3 is 5.97 Å². The zero-order valence-electron chi connectivity index (χ0n) is 22.0. The number of para-hydroxylation sites is 1. The van der Waals surface area contributed by atoms with Crippen molar-refractivity contribution in [3.05, 3.63) is 36.9 Å². The van der Waals surface area contributed by atoms with E-state index in [2.05, 4.69) is 16.9 Å². The molecular formula is C27H35N5O6. The lowest BCUT2D eigenvalue weighted by Crippen LogP contribution is -2.59. The zero-order valence-corrected chi connectivity index (χ0v) is 22.0. The number of hydrogen-bond donors (Lipinski definition) is 1. The van der Waals surface area contributed by atoms with Gasteiger partial charge in [-0.3, -0.25) is 14.4 Å². The molecule has 2 aromatic rings. The van der Waals surface area contributed by atoms with Crippen LogP contribution in [0.2, 0.25) is 0 Å². The maximum Gasteiger partial charge on any atom is 0.312 e. The molecule has 2 unspecified atom stereocenters. The largest absolute Gasteiger partial charge is 0.466 e. The second-order valence-electron chi connectivity index (χ2n) is 10.6. The Morgan fingerprint density at radius 1 is 1.37 bits per heavy atom. The zero-order chi connectivity index (χ0) is 27.2. The Morgan fingerprint density at radius 2 is 2.13 bits per heavy atom. The fraction of sp³-hybridized carbons (Fsp3) is 0.593. The quantitative estimate of drug-likeness (QED) is 0.364. The molecule has 0 radical (unpaired) electrons. The summed E-state index contributed by atoms with van der Waals surface area (Å²) in [4.78, 5) is 44.6.